The maximum Gasteiger partial charge on any atom is 0.154 e. The van der Waals surface area contributed by atoms with Gasteiger partial charge in [-0.05, 0) is 41.8 Å². The molecule has 18 heavy (non-hydrogen) atoms. The van der Waals surface area contributed by atoms with E-state index in [1.54, 1.807) is 7.11 Å². The van der Waals surface area contributed by atoms with E-state index < -0.39 is 0 Å². The van der Waals surface area contributed by atoms with Crippen LogP contribution in [0, 0.1) is 0 Å². The monoisotopic (exact) mass is 241 g/mol. The minimum atomic E-state index is 0.839. The summed E-state index contributed by atoms with van der Waals surface area (Å²) in [7, 11) is 1.68. The summed E-state index contributed by atoms with van der Waals surface area (Å²) in [5.74, 6) is 0.869. The van der Waals surface area contributed by atoms with Crippen LogP contribution >= 0.6 is 0 Å². The van der Waals surface area contributed by atoms with E-state index in [0.29, 0.717) is 0 Å². The van der Waals surface area contributed by atoms with Gasteiger partial charge in [-0.1, -0.05) is 5.16 Å². The van der Waals surface area contributed by atoms with E-state index in [1.807, 2.05) is 12.1 Å². The average molecular weight is 241 g/mol. The van der Waals surface area contributed by atoms with Gasteiger partial charge in [-0.2, -0.15) is 0 Å². The van der Waals surface area contributed by atoms with Crippen LogP contribution in [0.15, 0.2) is 22.8 Å². The summed E-state index contributed by atoms with van der Waals surface area (Å²) < 4.78 is 10.1. The van der Waals surface area contributed by atoms with Crippen molar-refractivity contribution >= 4 is 10.9 Å². The third-order valence-electron chi connectivity index (χ3n) is 3.52. The molecule has 0 bridgehead atoms. The van der Waals surface area contributed by atoms with Crippen molar-refractivity contribution in [1.29, 1.82) is 0 Å². The van der Waals surface area contributed by atoms with Crippen molar-refractivity contribution in [3.8, 4) is 17.1 Å². The molecule has 3 aromatic rings. The molecule has 1 aromatic carbocycles. The predicted octanol–water partition coefficient (Wildman–Crippen LogP) is 2.33. The zero-order chi connectivity index (χ0) is 12.1. The molecule has 2 heterocycles. The van der Waals surface area contributed by atoms with Crippen molar-refractivity contribution in [3.63, 3.8) is 0 Å². The fourth-order valence-corrected chi connectivity index (χ4v) is 2.62. The minimum absolute atomic E-state index is 0.839. The molecule has 1 N–H and O–H groups in total. The molecule has 0 atom stereocenters. The van der Waals surface area contributed by atoms with Crippen LogP contribution in [-0.4, -0.2) is 22.4 Å². The van der Waals surface area contributed by atoms with Gasteiger partial charge in [0.25, 0.3) is 0 Å². The number of hydrogen-bond donors (Lipinski definition) is 1. The van der Waals surface area contributed by atoms with Gasteiger partial charge in [0.1, 0.15) is 11.4 Å². The first-order valence-corrected chi connectivity index (χ1v) is 5.87. The molecular formula is C13H11N3O2. The van der Waals surface area contributed by atoms with Crippen molar-refractivity contribution in [1.82, 2.24) is 15.3 Å². The first-order valence-electron chi connectivity index (χ1n) is 5.87. The van der Waals surface area contributed by atoms with E-state index in [1.165, 1.54) is 10.9 Å². The van der Waals surface area contributed by atoms with Gasteiger partial charge >= 0.3 is 0 Å². The molecule has 1 aliphatic carbocycles. The fraction of sp³-hybridized carbons (Fsp3) is 0.231. The fourth-order valence-electron chi connectivity index (χ4n) is 2.62. The maximum absolute atomic E-state index is 5.28. The number of benzene rings is 1. The Morgan fingerprint density at radius 3 is 3.11 bits per heavy atom. The Hall–Kier alpha value is -2.30. The Balaban J connectivity index is 2.04. The van der Waals surface area contributed by atoms with Crippen LogP contribution in [0.1, 0.15) is 11.3 Å². The average Bonchev–Trinajstić information content (AvgIpc) is 3.01. The first-order chi connectivity index (χ1) is 8.86. The molecule has 90 valence electrons. The number of hydrogen-bond acceptors (Lipinski definition) is 4. The molecule has 0 spiro atoms. The van der Waals surface area contributed by atoms with Crippen LogP contribution in [0.25, 0.3) is 22.3 Å². The van der Waals surface area contributed by atoms with E-state index in [0.717, 1.165) is 41.2 Å². The van der Waals surface area contributed by atoms with Crippen LogP contribution in [0.5, 0.6) is 5.75 Å². The van der Waals surface area contributed by atoms with Gasteiger partial charge in [0.15, 0.2) is 5.69 Å². The zero-order valence-electron chi connectivity index (χ0n) is 9.86. The Morgan fingerprint density at radius 1 is 1.28 bits per heavy atom. The summed E-state index contributed by atoms with van der Waals surface area (Å²) in [6.45, 7) is 0. The summed E-state index contributed by atoms with van der Waals surface area (Å²) >= 11 is 0. The number of aromatic amines is 1. The summed E-state index contributed by atoms with van der Waals surface area (Å²) in [6, 6.07) is 6.04. The van der Waals surface area contributed by atoms with Gasteiger partial charge in [0.05, 0.1) is 12.8 Å². The van der Waals surface area contributed by atoms with Crippen molar-refractivity contribution in [2.45, 2.75) is 12.8 Å². The molecule has 0 unspecified atom stereocenters. The van der Waals surface area contributed by atoms with Crippen LogP contribution in [0.4, 0.5) is 0 Å². The number of nitrogens with one attached hydrogen (secondary N) is 1. The van der Waals surface area contributed by atoms with Crippen molar-refractivity contribution < 1.29 is 9.37 Å². The summed E-state index contributed by atoms with van der Waals surface area (Å²) in [4.78, 5) is 3.39. The van der Waals surface area contributed by atoms with Gasteiger partial charge in [-0.25, -0.2) is 4.63 Å². The van der Waals surface area contributed by atoms with E-state index in [2.05, 4.69) is 21.4 Å². The van der Waals surface area contributed by atoms with Crippen LogP contribution in [-0.2, 0) is 12.8 Å². The SMILES string of the molecule is COc1ccc2[nH]c3c(c2c1)CCc1nonc1-3. The number of fused-ring (bicyclic) bond motifs is 5. The Kier molecular flexibility index (Phi) is 1.81. The van der Waals surface area contributed by atoms with Gasteiger partial charge in [0, 0.05) is 10.9 Å². The van der Waals surface area contributed by atoms with Gasteiger partial charge in [-0.3, -0.25) is 0 Å². The quantitative estimate of drug-likeness (QED) is 0.710. The number of methoxy groups -OCH3 is 1. The number of H-pyrrole nitrogens is 1. The highest BCUT2D eigenvalue weighted by Crippen LogP contribution is 2.36. The molecule has 1 aliphatic rings. The molecule has 0 amide bonds. The third kappa shape index (κ3) is 1.16. The molecular weight excluding hydrogens is 230 g/mol. The standard InChI is InChI=1S/C13H11N3O2/c1-17-7-2-4-10-9(6-7)8-3-5-11-13(12(8)14-10)16-18-15-11/h2,4,6,14H,3,5H2,1H3. The highest BCUT2D eigenvalue weighted by Gasteiger charge is 2.25. The molecule has 0 saturated carbocycles. The molecule has 0 aliphatic heterocycles. The normalized spacial score (nSPS) is 13.4. The first kappa shape index (κ1) is 9.70. The van der Waals surface area contributed by atoms with Gasteiger partial charge in [-0.15, -0.1) is 0 Å². The van der Waals surface area contributed by atoms with Crippen molar-refractivity contribution in [3.05, 3.63) is 29.5 Å². The van der Waals surface area contributed by atoms with Crippen LogP contribution in [0.3, 0.4) is 0 Å². The lowest BCUT2D eigenvalue weighted by Crippen LogP contribution is -2.02. The molecule has 0 radical (unpaired) electrons. The summed E-state index contributed by atoms with van der Waals surface area (Å²) in [5.41, 5.74) is 5.16. The summed E-state index contributed by atoms with van der Waals surface area (Å²) in [5, 5.41) is 9.11. The number of nitrogens with zero attached hydrogens (tertiary/aromatic N) is 2. The molecule has 2 aromatic heterocycles. The second-order valence-electron chi connectivity index (χ2n) is 4.45. The maximum atomic E-state index is 5.28. The molecule has 4 rings (SSSR count). The zero-order valence-corrected chi connectivity index (χ0v) is 9.86. The second kappa shape index (κ2) is 3.35. The van der Waals surface area contributed by atoms with Gasteiger partial charge < -0.3 is 9.72 Å². The molecule has 0 saturated heterocycles. The number of aryl methyl sites for hydroxylation is 2. The van der Waals surface area contributed by atoms with E-state index >= 15 is 0 Å². The van der Waals surface area contributed by atoms with E-state index in [9.17, 15) is 0 Å². The van der Waals surface area contributed by atoms with Crippen molar-refractivity contribution in [2.75, 3.05) is 7.11 Å². The van der Waals surface area contributed by atoms with Crippen LogP contribution in [0.2, 0.25) is 0 Å². The predicted molar refractivity (Wildman–Crippen MR) is 65.6 cm³/mol. The molecule has 5 nitrogen and oxygen atoms in total. The Morgan fingerprint density at radius 2 is 2.22 bits per heavy atom. The van der Waals surface area contributed by atoms with E-state index in [-0.39, 0.29) is 0 Å². The van der Waals surface area contributed by atoms with Crippen LogP contribution < -0.4 is 4.74 Å². The Bertz CT molecular complexity index is 742. The van der Waals surface area contributed by atoms with Gasteiger partial charge in [0.2, 0.25) is 0 Å². The number of aromatic nitrogens is 3. The summed E-state index contributed by atoms with van der Waals surface area (Å²) in [6.07, 6.45) is 1.82. The highest BCUT2D eigenvalue weighted by atomic mass is 16.6. The largest absolute Gasteiger partial charge is 0.497 e. The lowest BCUT2D eigenvalue weighted by Gasteiger charge is -2.08. The number of rotatable bonds is 1. The lowest BCUT2D eigenvalue weighted by atomic mass is 9.96. The van der Waals surface area contributed by atoms with E-state index in [4.69, 9.17) is 9.37 Å². The second-order valence-corrected chi connectivity index (χ2v) is 4.45. The number of ether oxygens (including phenoxy) is 1. The third-order valence-corrected chi connectivity index (χ3v) is 3.52. The topological polar surface area (TPSA) is 63.9 Å². The smallest absolute Gasteiger partial charge is 0.154 e. The lowest BCUT2D eigenvalue weighted by molar-refractivity contribution is 0.304. The highest BCUT2D eigenvalue weighted by molar-refractivity contribution is 5.92. The molecule has 5 heteroatoms. The molecule has 0 fully saturated rings. The van der Waals surface area contributed by atoms with Crippen molar-refractivity contribution in [2.24, 2.45) is 0 Å². The minimum Gasteiger partial charge on any atom is -0.497 e. The Labute approximate surface area is 103 Å².